The first-order valence-corrected chi connectivity index (χ1v) is 6.75. The second kappa shape index (κ2) is 6.97. The molecule has 0 aliphatic carbocycles. The summed E-state index contributed by atoms with van der Waals surface area (Å²) in [6, 6.07) is 6.49. The molecule has 2 rings (SSSR count). The van der Waals surface area contributed by atoms with Gasteiger partial charge in [0, 0.05) is 24.4 Å². The third-order valence-corrected chi connectivity index (χ3v) is 3.30. The van der Waals surface area contributed by atoms with Crippen LogP contribution in [0.4, 0.5) is 11.4 Å². The number of methoxy groups -OCH3 is 2. The minimum absolute atomic E-state index is 0.0909. The minimum atomic E-state index is -0.582. The van der Waals surface area contributed by atoms with E-state index in [-0.39, 0.29) is 17.0 Å². The maximum Gasteiger partial charge on any atom is 0.270 e. The Kier molecular flexibility index (Phi) is 5.02. The first kappa shape index (κ1) is 16.6. The van der Waals surface area contributed by atoms with Gasteiger partial charge in [-0.1, -0.05) is 23.4 Å². The molecule has 0 aliphatic heterocycles. The molecule has 0 saturated heterocycles. The van der Waals surface area contributed by atoms with Crippen LogP contribution in [-0.2, 0) is 0 Å². The van der Waals surface area contributed by atoms with Crippen LogP contribution in [0.3, 0.4) is 0 Å². The van der Waals surface area contributed by atoms with E-state index in [0.717, 1.165) is 18.2 Å². The van der Waals surface area contributed by atoms with Crippen LogP contribution in [0.25, 0.3) is 0 Å². The van der Waals surface area contributed by atoms with E-state index >= 15 is 0 Å². The van der Waals surface area contributed by atoms with E-state index in [2.05, 4.69) is 4.99 Å². The van der Waals surface area contributed by atoms with Crippen molar-refractivity contribution in [2.75, 3.05) is 14.2 Å². The molecule has 0 spiro atoms. The van der Waals surface area contributed by atoms with E-state index in [0.29, 0.717) is 22.2 Å². The van der Waals surface area contributed by atoms with Crippen LogP contribution < -0.4 is 14.6 Å². The molecular formula is C15H12ClN2O5-. The summed E-state index contributed by atoms with van der Waals surface area (Å²) in [4.78, 5) is 14.3. The van der Waals surface area contributed by atoms with Crippen molar-refractivity contribution in [3.8, 4) is 17.2 Å². The van der Waals surface area contributed by atoms with Crippen molar-refractivity contribution in [1.82, 2.24) is 0 Å². The second-order valence-corrected chi connectivity index (χ2v) is 4.80. The molecule has 0 unspecified atom stereocenters. The predicted molar refractivity (Wildman–Crippen MR) is 84.4 cm³/mol. The first-order chi connectivity index (χ1) is 11.0. The monoisotopic (exact) mass is 335 g/mol. The maximum absolute atomic E-state index is 11.7. The lowest BCUT2D eigenvalue weighted by Crippen LogP contribution is -1.98. The molecule has 0 atom stereocenters. The third kappa shape index (κ3) is 3.70. The summed E-state index contributed by atoms with van der Waals surface area (Å²) < 4.78 is 10.3. The van der Waals surface area contributed by atoms with Crippen LogP contribution in [0.15, 0.2) is 35.3 Å². The van der Waals surface area contributed by atoms with Crippen LogP contribution >= 0.6 is 11.6 Å². The number of rotatable bonds is 5. The van der Waals surface area contributed by atoms with Crippen molar-refractivity contribution in [2.45, 2.75) is 0 Å². The number of aliphatic imine (C=N–C) groups is 1. The quantitative estimate of drug-likeness (QED) is 0.475. The first-order valence-electron chi connectivity index (χ1n) is 6.37. The zero-order valence-corrected chi connectivity index (χ0v) is 13.0. The van der Waals surface area contributed by atoms with Crippen LogP contribution in [0.1, 0.15) is 5.56 Å². The molecule has 0 bridgehead atoms. The average molecular weight is 336 g/mol. The van der Waals surface area contributed by atoms with Crippen molar-refractivity contribution >= 4 is 29.2 Å². The Hall–Kier alpha value is -2.80. The fraction of sp³-hybridized carbons (Fsp3) is 0.133. The predicted octanol–water partition coefficient (Wildman–Crippen LogP) is 3.09. The molecule has 0 aromatic heterocycles. The SMILES string of the molecule is COc1cc(OC)c(N=Cc2cc([N+](=O)[O-])ccc2[O-])cc1Cl. The van der Waals surface area contributed by atoms with Crippen LogP contribution in [0.2, 0.25) is 5.02 Å². The number of halogens is 1. The molecule has 23 heavy (non-hydrogen) atoms. The molecule has 0 heterocycles. The topological polar surface area (TPSA) is 97.0 Å². The van der Waals surface area contributed by atoms with E-state index in [1.807, 2.05) is 0 Å². The van der Waals surface area contributed by atoms with Gasteiger partial charge in [0.1, 0.15) is 17.2 Å². The molecular weight excluding hydrogens is 324 g/mol. The maximum atomic E-state index is 11.7. The molecule has 0 aliphatic rings. The van der Waals surface area contributed by atoms with Gasteiger partial charge in [-0.2, -0.15) is 0 Å². The number of nitro groups is 1. The van der Waals surface area contributed by atoms with Gasteiger partial charge in [0.25, 0.3) is 5.69 Å². The van der Waals surface area contributed by atoms with E-state index in [9.17, 15) is 15.2 Å². The molecule has 0 fully saturated rings. The molecule has 0 N–H and O–H groups in total. The summed E-state index contributed by atoms with van der Waals surface area (Å²) in [5, 5.41) is 22.8. The smallest absolute Gasteiger partial charge is 0.270 e. The summed E-state index contributed by atoms with van der Waals surface area (Å²) in [7, 11) is 2.92. The average Bonchev–Trinajstić information content (AvgIpc) is 2.53. The zero-order chi connectivity index (χ0) is 17.0. The van der Waals surface area contributed by atoms with Crippen molar-refractivity contribution in [3.05, 3.63) is 51.0 Å². The lowest BCUT2D eigenvalue weighted by Gasteiger charge is -2.10. The van der Waals surface area contributed by atoms with Crippen LogP contribution in [0.5, 0.6) is 17.2 Å². The minimum Gasteiger partial charge on any atom is -0.872 e. The molecule has 0 saturated carbocycles. The summed E-state index contributed by atoms with van der Waals surface area (Å²) in [5.74, 6) is 0.431. The van der Waals surface area contributed by atoms with Crippen molar-refractivity contribution < 1.29 is 19.5 Å². The van der Waals surface area contributed by atoms with Gasteiger partial charge in [-0.05, 0) is 11.6 Å². The largest absolute Gasteiger partial charge is 0.872 e. The number of hydrogen-bond donors (Lipinski definition) is 0. The second-order valence-electron chi connectivity index (χ2n) is 4.40. The normalized spacial score (nSPS) is 10.7. The fourth-order valence-electron chi connectivity index (χ4n) is 1.83. The van der Waals surface area contributed by atoms with Crippen molar-refractivity contribution in [2.24, 2.45) is 4.99 Å². The number of nitrogens with zero attached hydrogens (tertiary/aromatic N) is 2. The summed E-state index contributed by atoms with van der Waals surface area (Å²) in [6.45, 7) is 0. The van der Waals surface area contributed by atoms with Crippen LogP contribution in [0, 0.1) is 10.1 Å². The lowest BCUT2D eigenvalue weighted by molar-refractivity contribution is -0.385. The molecule has 2 aromatic rings. The van der Waals surface area contributed by atoms with Gasteiger partial charge in [-0.25, -0.2) is 0 Å². The highest BCUT2D eigenvalue weighted by atomic mass is 35.5. The Bertz CT molecular complexity index is 777. The van der Waals surface area contributed by atoms with Gasteiger partial charge >= 0.3 is 0 Å². The molecule has 8 heteroatoms. The standard InChI is InChI=1S/C15H13ClN2O5/c1-22-14-7-15(23-2)12(6-11(14)16)17-8-9-5-10(18(20)21)3-4-13(9)19/h3-8,19H,1-2H3/p-1. The van der Waals surface area contributed by atoms with E-state index in [1.165, 1.54) is 26.5 Å². The zero-order valence-electron chi connectivity index (χ0n) is 12.3. The highest BCUT2D eigenvalue weighted by Crippen LogP contribution is 2.37. The fourth-order valence-corrected chi connectivity index (χ4v) is 2.07. The van der Waals surface area contributed by atoms with Crippen molar-refractivity contribution in [3.63, 3.8) is 0 Å². The van der Waals surface area contributed by atoms with Crippen molar-refractivity contribution in [1.29, 1.82) is 0 Å². The molecule has 2 aromatic carbocycles. The Balaban J connectivity index is 2.42. The Morgan fingerprint density at radius 3 is 2.48 bits per heavy atom. The van der Waals surface area contributed by atoms with E-state index in [1.54, 1.807) is 6.07 Å². The van der Waals surface area contributed by atoms with Gasteiger partial charge in [0.15, 0.2) is 0 Å². The van der Waals surface area contributed by atoms with E-state index < -0.39 is 4.92 Å². The van der Waals surface area contributed by atoms with Crippen LogP contribution in [-0.4, -0.2) is 25.4 Å². The lowest BCUT2D eigenvalue weighted by atomic mass is 10.2. The molecule has 0 amide bonds. The highest BCUT2D eigenvalue weighted by molar-refractivity contribution is 6.32. The number of non-ortho nitro benzene ring substituents is 1. The number of nitro benzene ring substituents is 1. The molecule has 0 radical (unpaired) electrons. The van der Waals surface area contributed by atoms with Gasteiger partial charge in [0.2, 0.25) is 0 Å². The Morgan fingerprint density at radius 1 is 1.17 bits per heavy atom. The number of ether oxygens (including phenoxy) is 2. The summed E-state index contributed by atoms with van der Waals surface area (Å²) in [5.41, 5.74) is 0.267. The molecule has 7 nitrogen and oxygen atoms in total. The van der Waals surface area contributed by atoms with Gasteiger partial charge in [-0.15, -0.1) is 0 Å². The number of benzene rings is 2. The molecule has 120 valence electrons. The summed E-state index contributed by atoms with van der Waals surface area (Å²) in [6.07, 6.45) is 1.23. The Morgan fingerprint density at radius 2 is 1.87 bits per heavy atom. The third-order valence-electron chi connectivity index (χ3n) is 3.00. The highest BCUT2D eigenvalue weighted by Gasteiger charge is 2.10. The summed E-state index contributed by atoms with van der Waals surface area (Å²) >= 11 is 6.03. The number of hydrogen-bond acceptors (Lipinski definition) is 6. The van der Waals surface area contributed by atoms with Gasteiger partial charge < -0.3 is 14.6 Å². The van der Waals surface area contributed by atoms with Gasteiger partial charge in [-0.3, -0.25) is 15.1 Å². The Labute approximate surface area is 136 Å². The van der Waals surface area contributed by atoms with E-state index in [4.69, 9.17) is 21.1 Å². The van der Waals surface area contributed by atoms with Gasteiger partial charge in [0.05, 0.1) is 24.2 Å².